The van der Waals surface area contributed by atoms with Gasteiger partial charge in [-0.25, -0.2) is 0 Å². The van der Waals surface area contributed by atoms with Crippen molar-refractivity contribution in [2.24, 2.45) is 0 Å². The number of fused-ring (bicyclic) bond motifs is 3. The van der Waals surface area contributed by atoms with Crippen LogP contribution in [-0.2, 0) is 0 Å². The van der Waals surface area contributed by atoms with E-state index in [0.29, 0.717) is 28.8 Å². The standard InChI is InChI=1S/C13H16BrNO2/c1-15-6-2-3-8-9-4-5-10(14)12(16)13(9)17-7-11(8)15/h4-5,8,11,16H,2-3,6-7H2,1H3/t8-,11-/m0/s1. The van der Waals surface area contributed by atoms with Crippen molar-refractivity contribution in [1.29, 1.82) is 0 Å². The third-order valence-corrected chi connectivity index (χ3v) is 4.61. The number of likely N-dealkylation sites (N-methyl/N-ethyl adjacent to an activating group) is 1. The Hall–Kier alpha value is -0.740. The van der Waals surface area contributed by atoms with Crippen LogP contribution >= 0.6 is 15.9 Å². The molecule has 1 aromatic rings. The molecule has 2 aliphatic rings. The second-order valence-corrected chi connectivity index (χ2v) is 5.78. The summed E-state index contributed by atoms with van der Waals surface area (Å²) in [6.45, 7) is 1.82. The highest BCUT2D eigenvalue weighted by molar-refractivity contribution is 9.10. The van der Waals surface area contributed by atoms with E-state index < -0.39 is 0 Å². The Kier molecular flexibility index (Phi) is 2.79. The van der Waals surface area contributed by atoms with Crippen molar-refractivity contribution in [3.8, 4) is 11.5 Å². The molecule has 0 aromatic heterocycles. The van der Waals surface area contributed by atoms with Gasteiger partial charge in [0.05, 0.1) is 10.5 Å². The Balaban J connectivity index is 2.05. The second kappa shape index (κ2) is 4.18. The van der Waals surface area contributed by atoms with Crippen LogP contribution in [0.1, 0.15) is 24.3 Å². The number of hydrogen-bond acceptors (Lipinski definition) is 3. The van der Waals surface area contributed by atoms with Gasteiger partial charge in [0, 0.05) is 11.5 Å². The SMILES string of the molecule is CN1CCC[C@H]2c3ccc(Br)c(O)c3OC[C@@H]21. The van der Waals surface area contributed by atoms with Gasteiger partial charge in [0.15, 0.2) is 11.5 Å². The molecule has 0 radical (unpaired) electrons. The molecule has 0 saturated carbocycles. The first-order valence-electron chi connectivity index (χ1n) is 6.03. The summed E-state index contributed by atoms with van der Waals surface area (Å²) in [6, 6.07) is 4.45. The van der Waals surface area contributed by atoms with E-state index in [2.05, 4.69) is 33.9 Å². The van der Waals surface area contributed by atoms with Crippen molar-refractivity contribution < 1.29 is 9.84 Å². The van der Waals surface area contributed by atoms with Crippen molar-refractivity contribution in [2.75, 3.05) is 20.2 Å². The summed E-state index contributed by atoms with van der Waals surface area (Å²) in [5.41, 5.74) is 1.16. The molecule has 1 aromatic carbocycles. The first-order chi connectivity index (χ1) is 8.18. The smallest absolute Gasteiger partial charge is 0.172 e. The number of piperidine rings is 1. The van der Waals surface area contributed by atoms with E-state index >= 15 is 0 Å². The highest BCUT2D eigenvalue weighted by Gasteiger charge is 2.37. The Labute approximate surface area is 110 Å². The number of rotatable bonds is 0. The molecule has 92 valence electrons. The summed E-state index contributed by atoms with van der Waals surface area (Å²) in [7, 11) is 2.16. The van der Waals surface area contributed by atoms with Crippen LogP contribution in [0.4, 0.5) is 0 Å². The zero-order valence-corrected chi connectivity index (χ0v) is 11.4. The molecule has 2 aliphatic heterocycles. The van der Waals surface area contributed by atoms with Gasteiger partial charge in [0.2, 0.25) is 0 Å². The number of aromatic hydroxyl groups is 1. The number of hydrogen-bond donors (Lipinski definition) is 1. The number of benzene rings is 1. The van der Waals surface area contributed by atoms with E-state index in [1.165, 1.54) is 12.8 Å². The summed E-state index contributed by atoms with van der Waals surface area (Å²) >= 11 is 3.33. The van der Waals surface area contributed by atoms with E-state index in [1.54, 1.807) is 0 Å². The molecule has 1 fully saturated rings. The van der Waals surface area contributed by atoms with Gasteiger partial charge in [-0.1, -0.05) is 6.07 Å². The molecule has 0 unspecified atom stereocenters. The molecule has 4 heteroatoms. The van der Waals surface area contributed by atoms with Crippen LogP contribution in [0.2, 0.25) is 0 Å². The summed E-state index contributed by atoms with van der Waals surface area (Å²) in [6.07, 6.45) is 2.40. The fourth-order valence-electron chi connectivity index (χ4n) is 3.01. The van der Waals surface area contributed by atoms with Gasteiger partial charge in [0.25, 0.3) is 0 Å². The van der Waals surface area contributed by atoms with Crippen LogP contribution in [0.15, 0.2) is 16.6 Å². The van der Waals surface area contributed by atoms with Crippen molar-refractivity contribution >= 4 is 15.9 Å². The van der Waals surface area contributed by atoms with Crippen LogP contribution in [-0.4, -0.2) is 36.2 Å². The third kappa shape index (κ3) is 1.74. The van der Waals surface area contributed by atoms with E-state index in [9.17, 15) is 5.11 Å². The van der Waals surface area contributed by atoms with Crippen molar-refractivity contribution in [2.45, 2.75) is 24.8 Å². The highest BCUT2D eigenvalue weighted by Crippen LogP contribution is 2.47. The molecule has 0 spiro atoms. The van der Waals surface area contributed by atoms with Crippen LogP contribution in [0.25, 0.3) is 0 Å². The summed E-state index contributed by atoms with van der Waals surface area (Å²) in [5, 5.41) is 10.0. The average Bonchev–Trinajstić information content (AvgIpc) is 2.34. The minimum Gasteiger partial charge on any atom is -0.503 e. The summed E-state index contributed by atoms with van der Waals surface area (Å²) in [5.74, 6) is 1.42. The van der Waals surface area contributed by atoms with Crippen LogP contribution in [0.3, 0.4) is 0 Å². The maximum absolute atomic E-state index is 10.0. The van der Waals surface area contributed by atoms with Gasteiger partial charge in [-0.3, -0.25) is 4.90 Å². The maximum Gasteiger partial charge on any atom is 0.172 e. The predicted molar refractivity (Wildman–Crippen MR) is 69.7 cm³/mol. The number of likely N-dealkylation sites (tertiary alicyclic amines) is 1. The molecule has 2 atom stereocenters. The van der Waals surface area contributed by atoms with Gasteiger partial charge in [-0.05, 0) is 48.4 Å². The second-order valence-electron chi connectivity index (χ2n) is 4.92. The van der Waals surface area contributed by atoms with E-state index in [1.807, 2.05) is 6.07 Å². The summed E-state index contributed by atoms with van der Waals surface area (Å²) < 4.78 is 6.46. The molecule has 17 heavy (non-hydrogen) atoms. The fraction of sp³-hybridized carbons (Fsp3) is 0.538. The van der Waals surface area contributed by atoms with E-state index in [0.717, 1.165) is 12.1 Å². The lowest BCUT2D eigenvalue weighted by molar-refractivity contribution is 0.0848. The third-order valence-electron chi connectivity index (χ3n) is 3.97. The van der Waals surface area contributed by atoms with Crippen molar-refractivity contribution in [3.05, 3.63) is 22.2 Å². The molecule has 0 aliphatic carbocycles. The molecule has 0 amide bonds. The lowest BCUT2D eigenvalue weighted by Gasteiger charge is -2.42. The van der Waals surface area contributed by atoms with Crippen LogP contribution < -0.4 is 4.74 Å². The molecular weight excluding hydrogens is 282 g/mol. The van der Waals surface area contributed by atoms with E-state index in [-0.39, 0.29) is 5.75 Å². The Morgan fingerprint density at radius 1 is 1.47 bits per heavy atom. The van der Waals surface area contributed by atoms with Gasteiger partial charge in [0.1, 0.15) is 6.61 Å². The number of nitrogens with zero attached hydrogens (tertiary/aromatic N) is 1. The van der Waals surface area contributed by atoms with Gasteiger partial charge < -0.3 is 9.84 Å². The zero-order chi connectivity index (χ0) is 12.0. The molecule has 1 N–H and O–H groups in total. The van der Waals surface area contributed by atoms with Crippen LogP contribution in [0.5, 0.6) is 11.5 Å². The van der Waals surface area contributed by atoms with Crippen molar-refractivity contribution in [1.82, 2.24) is 4.90 Å². The molecule has 3 nitrogen and oxygen atoms in total. The average molecular weight is 298 g/mol. The van der Waals surface area contributed by atoms with Crippen LogP contribution in [0, 0.1) is 0 Å². The Bertz CT molecular complexity index is 449. The normalized spacial score (nSPS) is 28.1. The first-order valence-corrected chi connectivity index (χ1v) is 6.82. The van der Waals surface area contributed by atoms with E-state index in [4.69, 9.17) is 4.74 Å². The number of halogens is 1. The Morgan fingerprint density at radius 3 is 3.12 bits per heavy atom. The maximum atomic E-state index is 10.0. The molecule has 3 rings (SSSR count). The Morgan fingerprint density at radius 2 is 2.29 bits per heavy atom. The van der Waals surface area contributed by atoms with Crippen molar-refractivity contribution in [3.63, 3.8) is 0 Å². The zero-order valence-electron chi connectivity index (χ0n) is 9.82. The molecular formula is C13H16BrNO2. The quantitative estimate of drug-likeness (QED) is 0.799. The highest BCUT2D eigenvalue weighted by atomic mass is 79.9. The molecule has 1 saturated heterocycles. The largest absolute Gasteiger partial charge is 0.503 e. The lowest BCUT2D eigenvalue weighted by Crippen LogP contribution is -2.47. The monoisotopic (exact) mass is 297 g/mol. The number of phenolic OH excluding ortho intramolecular Hbond substituents is 1. The molecule has 2 heterocycles. The molecule has 0 bridgehead atoms. The minimum atomic E-state index is 0.245. The minimum absolute atomic E-state index is 0.245. The topological polar surface area (TPSA) is 32.7 Å². The number of ether oxygens (including phenoxy) is 1. The fourth-order valence-corrected chi connectivity index (χ4v) is 3.32. The van der Waals surface area contributed by atoms with Gasteiger partial charge in [-0.2, -0.15) is 0 Å². The first kappa shape index (κ1) is 11.4. The summed E-state index contributed by atoms with van der Waals surface area (Å²) in [4.78, 5) is 2.37. The van der Waals surface area contributed by atoms with Gasteiger partial charge in [-0.15, -0.1) is 0 Å². The predicted octanol–water partition coefficient (Wildman–Crippen LogP) is 2.72. The number of phenols is 1. The van der Waals surface area contributed by atoms with Gasteiger partial charge >= 0.3 is 0 Å². The lowest BCUT2D eigenvalue weighted by atomic mass is 9.82.